The fraction of sp³-hybridized carbons (Fsp3) is 0.564. The van der Waals surface area contributed by atoms with Gasteiger partial charge in [-0.2, -0.15) is 0 Å². The minimum Gasteiger partial charge on any atom is -0.0911 e. The van der Waals surface area contributed by atoms with Gasteiger partial charge in [-0.15, -0.1) is 0 Å². The Hall–Kier alpha value is -3.12. The van der Waals surface area contributed by atoms with E-state index in [-0.39, 0.29) is 5.41 Å². The quantitative estimate of drug-likeness (QED) is 0.0882. The van der Waals surface area contributed by atoms with Crippen molar-refractivity contribution in [1.29, 1.82) is 0 Å². The molecule has 302 valence electrons. The molecule has 55 heavy (non-hydrogen) atoms. The molecular formula is C55H82. The Labute approximate surface area is 341 Å². The van der Waals surface area contributed by atoms with Crippen molar-refractivity contribution >= 4 is 22.8 Å². The lowest BCUT2D eigenvalue weighted by Gasteiger charge is -2.29. The molecule has 0 nitrogen and oxygen atoms in total. The van der Waals surface area contributed by atoms with Crippen LogP contribution < -0.4 is 0 Å². The lowest BCUT2D eigenvalue weighted by atomic mass is 9.76. The van der Waals surface area contributed by atoms with Crippen molar-refractivity contribution < 1.29 is 0 Å². The number of unbranched alkanes of at least 4 members (excludes halogenated alkanes) is 5. The van der Waals surface area contributed by atoms with Gasteiger partial charge in [0.05, 0.1) is 0 Å². The van der Waals surface area contributed by atoms with Gasteiger partial charge in [0.25, 0.3) is 0 Å². The normalized spacial score (nSPS) is 17.3. The van der Waals surface area contributed by atoms with Gasteiger partial charge in [0.15, 0.2) is 0 Å². The van der Waals surface area contributed by atoms with Gasteiger partial charge >= 0.3 is 0 Å². The van der Waals surface area contributed by atoms with Crippen LogP contribution in [-0.4, -0.2) is 0 Å². The molecule has 2 aromatic rings. The summed E-state index contributed by atoms with van der Waals surface area (Å²) in [6.07, 6.45) is 30.6. The van der Waals surface area contributed by atoms with E-state index in [1.807, 2.05) is 0 Å². The van der Waals surface area contributed by atoms with Crippen molar-refractivity contribution in [1.82, 2.24) is 0 Å². The lowest BCUT2D eigenvalue weighted by molar-refractivity contribution is 0.425. The summed E-state index contributed by atoms with van der Waals surface area (Å²) in [6.45, 7) is 35.0. The highest BCUT2D eigenvalue weighted by Crippen LogP contribution is 2.43. The van der Waals surface area contributed by atoms with E-state index >= 15 is 0 Å². The van der Waals surface area contributed by atoms with Crippen LogP contribution in [0.3, 0.4) is 0 Å². The van der Waals surface area contributed by atoms with Crippen molar-refractivity contribution in [3.05, 3.63) is 117 Å². The van der Waals surface area contributed by atoms with E-state index in [0.29, 0.717) is 23.7 Å². The summed E-state index contributed by atoms with van der Waals surface area (Å²) >= 11 is 0. The average molecular weight is 743 g/mol. The molecule has 0 bridgehead atoms. The first-order valence-corrected chi connectivity index (χ1v) is 22.6. The Morgan fingerprint density at radius 2 is 1.60 bits per heavy atom. The fourth-order valence-electron chi connectivity index (χ4n) is 8.63. The number of hydrogen-bond donors (Lipinski definition) is 0. The summed E-state index contributed by atoms with van der Waals surface area (Å²) in [5, 5.41) is 0. The van der Waals surface area contributed by atoms with Gasteiger partial charge in [0, 0.05) is 0 Å². The van der Waals surface area contributed by atoms with E-state index in [1.54, 1.807) is 0 Å². The van der Waals surface area contributed by atoms with Crippen LogP contribution in [0.1, 0.15) is 205 Å². The van der Waals surface area contributed by atoms with E-state index in [0.717, 1.165) is 31.3 Å². The van der Waals surface area contributed by atoms with E-state index in [2.05, 4.69) is 163 Å². The van der Waals surface area contributed by atoms with Crippen LogP contribution in [0.4, 0.5) is 0 Å². The molecule has 0 radical (unpaired) electrons. The van der Waals surface area contributed by atoms with Crippen LogP contribution in [0.2, 0.25) is 0 Å². The number of hydrogen-bond acceptors (Lipinski definition) is 0. The standard InChI is InChI=1S/C55H82/c1-15-20-21-22-23-24-26-41(8)43(10)54-38-48(29-32-50(54)42(9)27-31-49(19-5)55(12,13)14)51-33-30-47(37-45(51)18-4)52-34-28-46(35-39(6)17-3)44(11)53(52)36-40(7)25-16-2/h19,27-34,36,38-39,41,43,45H,9,15-18,20-26,35,37H2,1-8,10-14H3/b31-27-,40-36+,49-19?/t39?,41?,43?,45-/m1/s1. The van der Waals surface area contributed by atoms with E-state index in [9.17, 15) is 0 Å². The first kappa shape index (κ1) is 46.3. The minimum atomic E-state index is 0.103. The summed E-state index contributed by atoms with van der Waals surface area (Å²) in [5.74, 6) is 2.24. The molecule has 3 rings (SSSR count). The molecule has 0 N–H and O–H groups in total. The van der Waals surface area contributed by atoms with Crippen LogP contribution in [-0.2, 0) is 6.42 Å². The molecule has 0 aromatic heterocycles. The third kappa shape index (κ3) is 13.2. The van der Waals surface area contributed by atoms with E-state index in [1.165, 1.54) is 119 Å². The number of rotatable bonds is 21. The Morgan fingerprint density at radius 1 is 0.891 bits per heavy atom. The Balaban J connectivity index is 2.10. The molecule has 0 heteroatoms. The Bertz CT molecular complexity index is 1690. The van der Waals surface area contributed by atoms with Crippen LogP contribution >= 0.6 is 0 Å². The first-order valence-electron chi connectivity index (χ1n) is 22.6. The van der Waals surface area contributed by atoms with Gasteiger partial charge in [0.2, 0.25) is 0 Å². The summed E-state index contributed by atoms with van der Waals surface area (Å²) in [7, 11) is 0. The lowest BCUT2D eigenvalue weighted by Crippen LogP contribution is -2.12. The van der Waals surface area contributed by atoms with Crippen LogP contribution in [0, 0.1) is 30.1 Å². The molecule has 2 aromatic carbocycles. The second-order valence-electron chi connectivity index (χ2n) is 18.4. The van der Waals surface area contributed by atoms with Gasteiger partial charge in [-0.1, -0.05) is 206 Å². The van der Waals surface area contributed by atoms with E-state index in [4.69, 9.17) is 0 Å². The fourth-order valence-corrected chi connectivity index (χ4v) is 8.63. The number of allylic oxidation sites excluding steroid dienone is 10. The summed E-state index contributed by atoms with van der Waals surface area (Å²) < 4.78 is 0. The molecule has 1 aliphatic carbocycles. The molecule has 4 atom stereocenters. The van der Waals surface area contributed by atoms with E-state index < -0.39 is 0 Å². The topological polar surface area (TPSA) is 0 Å². The van der Waals surface area contributed by atoms with Crippen molar-refractivity contribution in [3.8, 4) is 0 Å². The minimum absolute atomic E-state index is 0.103. The zero-order valence-electron chi connectivity index (χ0n) is 38.1. The molecule has 0 fully saturated rings. The SMILES string of the molecule is C=C(/C=C\C(=CC)C(C)(C)C)c1ccc(C2=CC=C(c3ccc(CC(C)CC)c(C)c3/C=C(\C)CCC)C[C@H]2CC)cc1C(C)C(C)CCCCCCCC. The third-order valence-electron chi connectivity index (χ3n) is 12.9. The molecule has 0 spiro atoms. The highest BCUT2D eigenvalue weighted by Gasteiger charge is 2.25. The second-order valence-corrected chi connectivity index (χ2v) is 18.4. The second kappa shape index (κ2) is 22.6. The van der Waals surface area contributed by atoms with Gasteiger partial charge in [-0.05, 0) is 137 Å². The predicted molar refractivity (Wildman–Crippen MR) is 251 cm³/mol. The van der Waals surface area contributed by atoms with Crippen LogP contribution in [0.25, 0.3) is 22.8 Å². The molecule has 0 saturated carbocycles. The van der Waals surface area contributed by atoms with Gasteiger partial charge < -0.3 is 0 Å². The third-order valence-corrected chi connectivity index (χ3v) is 12.9. The molecule has 3 unspecified atom stereocenters. The van der Waals surface area contributed by atoms with Crippen LogP contribution in [0.5, 0.6) is 0 Å². The Morgan fingerprint density at radius 3 is 2.24 bits per heavy atom. The van der Waals surface area contributed by atoms with Crippen molar-refractivity contribution in [2.45, 2.75) is 179 Å². The summed E-state index contributed by atoms with van der Waals surface area (Å²) in [6, 6.07) is 12.2. The maximum Gasteiger partial charge on any atom is -0.0118 e. The van der Waals surface area contributed by atoms with Crippen LogP contribution in [0.15, 0.2) is 78.4 Å². The average Bonchev–Trinajstić information content (AvgIpc) is 3.16. The summed E-state index contributed by atoms with van der Waals surface area (Å²) in [5.41, 5.74) is 17.0. The first-order chi connectivity index (χ1) is 26.2. The largest absolute Gasteiger partial charge is 0.0911 e. The maximum absolute atomic E-state index is 4.67. The van der Waals surface area contributed by atoms with Gasteiger partial charge in [0.1, 0.15) is 0 Å². The monoisotopic (exact) mass is 743 g/mol. The predicted octanol–water partition coefficient (Wildman–Crippen LogP) is 17.7. The Kier molecular flexibility index (Phi) is 19.0. The zero-order chi connectivity index (χ0) is 40.7. The van der Waals surface area contributed by atoms with Gasteiger partial charge in [-0.25, -0.2) is 0 Å². The van der Waals surface area contributed by atoms with Crippen molar-refractivity contribution in [2.75, 3.05) is 0 Å². The number of benzene rings is 2. The molecule has 0 amide bonds. The molecule has 0 aliphatic heterocycles. The smallest absolute Gasteiger partial charge is 0.0118 e. The van der Waals surface area contributed by atoms with Crippen molar-refractivity contribution in [2.24, 2.45) is 23.2 Å². The molecule has 0 heterocycles. The molecular weight excluding hydrogens is 661 g/mol. The highest BCUT2D eigenvalue weighted by atomic mass is 14.3. The van der Waals surface area contributed by atoms with Crippen molar-refractivity contribution in [3.63, 3.8) is 0 Å². The summed E-state index contributed by atoms with van der Waals surface area (Å²) in [4.78, 5) is 0. The molecule has 1 aliphatic rings. The molecule has 0 saturated heterocycles. The van der Waals surface area contributed by atoms with Gasteiger partial charge in [-0.3, -0.25) is 0 Å². The highest BCUT2D eigenvalue weighted by molar-refractivity contribution is 5.85. The maximum atomic E-state index is 4.67. The zero-order valence-corrected chi connectivity index (χ0v) is 38.1.